The zero-order chi connectivity index (χ0) is 14.3. The molecular formula is C16H11F2NO. The van der Waals surface area contributed by atoms with Crippen LogP contribution in [0.2, 0.25) is 0 Å². The van der Waals surface area contributed by atoms with Gasteiger partial charge in [0.15, 0.2) is 5.43 Å². The third-order valence-corrected chi connectivity index (χ3v) is 3.35. The van der Waals surface area contributed by atoms with Crippen molar-refractivity contribution in [3.63, 3.8) is 0 Å². The Morgan fingerprint density at radius 2 is 1.80 bits per heavy atom. The first-order valence-electron chi connectivity index (χ1n) is 6.15. The van der Waals surface area contributed by atoms with Crippen LogP contribution in [0.3, 0.4) is 0 Å². The molecule has 1 aromatic heterocycles. The smallest absolute Gasteiger partial charge is 0.192 e. The van der Waals surface area contributed by atoms with Crippen molar-refractivity contribution in [2.75, 3.05) is 0 Å². The van der Waals surface area contributed by atoms with Gasteiger partial charge in [0, 0.05) is 28.1 Å². The highest BCUT2D eigenvalue weighted by Crippen LogP contribution is 2.25. The van der Waals surface area contributed by atoms with Crippen LogP contribution >= 0.6 is 0 Å². The fourth-order valence-corrected chi connectivity index (χ4v) is 2.30. The van der Waals surface area contributed by atoms with Gasteiger partial charge >= 0.3 is 0 Å². The number of aromatic nitrogens is 1. The molecule has 0 atom stereocenters. The van der Waals surface area contributed by atoms with E-state index in [0.29, 0.717) is 22.2 Å². The average Bonchev–Trinajstić information content (AvgIpc) is 2.43. The van der Waals surface area contributed by atoms with Crippen molar-refractivity contribution < 1.29 is 8.78 Å². The summed E-state index contributed by atoms with van der Waals surface area (Å²) in [5.74, 6) is -1.34. The third-order valence-electron chi connectivity index (χ3n) is 3.35. The Kier molecular flexibility index (Phi) is 2.86. The van der Waals surface area contributed by atoms with Crippen molar-refractivity contribution in [1.82, 2.24) is 4.98 Å². The molecule has 0 aliphatic rings. The van der Waals surface area contributed by atoms with E-state index in [0.717, 1.165) is 6.07 Å². The molecule has 0 radical (unpaired) electrons. The monoisotopic (exact) mass is 271 g/mol. The second kappa shape index (κ2) is 4.56. The Morgan fingerprint density at radius 1 is 1.05 bits per heavy atom. The predicted octanol–water partition coefficient (Wildman–Crippen LogP) is 3.78. The summed E-state index contributed by atoms with van der Waals surface area (Å²) in [4.78, 5) is 15.3. The Bertz CT molecular complexity index is 868. The summed E-state index contributed by atoms with van der Waals surface area (Å²) in [5, 5.41) is 0.552. The van der Waals surface area contributed by atoms with Crippen LogP contribution in [-0.4, -0.2) is 4.98 Å². The number of fused-ring (bicyclic) bond motifs is 1. The highest BCUT2D eigenvalue weighted by Gasteiger charge is 2.13. The second-order valence-electron chi connectivity index (χ2n) is 4.62. The minimum Gasteiger partial charge on any atom is -0.354 e. The highest BCUT2D eigenvalue weighted by molar-refractivity contribution is 5.83. The molecule has 0 bridgehead atoms. The number of hydrogen-bond donors (Lipinski definition) is 1. The minimum absolute atomic E-state index is 0.155. The molecule has 4 heteroatoms. The van der Waals surface area contributed by atoms with E-state index in [9.17, 15) is 13.6 Å². The number of rotatable bonds is 1. The maximum atomic E-state index is 13.9. The number of hydrogen-bond acceptors (Lipinski definition) is 1. The molecule has 0 unspecified atom stereocenters. The molecule has 3 rings (SSSR count). The Labute approximate surface area is 113 Å². The molecule has 0 aliphatic heterocycles. The van der Waals surface area contributed by atoms with E-state index in [2.05, 4.69) is 4.98 Å². The molecule has 2 nitrogen and oxygen atoms in total. The van der Waals surface area contributed by atoms with E-state index >= 15 is 0 Å². The zero-order valence-corrected chi connectivity index (χ0v) is 10.7. The maximum absolute atomic E-state index is 13.9. The molecule has 0 fully saturated rings. The fourth-order valence-electron chi connectivity index (χ4n) is 2.30. The van der Waals surface area contributed by atoms with Crippen LogP contribution in [0.25, 0.3) is 22.2 Å². The molecule has 3 aromatic rings. The van der Waals surface area contributed by atoms with Gasteiger partial charge in [-0.15, -0.1) is 0 Å². The van der Waals surface area contributed by atoms with E-state index in [1.807, 2.05) is 0 Å². The summed E-state index contributed by atoms with van der Waals surface area (Å²) in [6, 6.07) is 10.3. The highest BCUT2D eigenvalue weighted by atomic mass is 19.1. The van der Waals surface area contributed by atoms with Crippen LogP contribution in [0.1, 0.15) is 5.56 Å². The molecule has 20 heavy (non-hydrogen) atoms. The summed E-state index contributed by atoms with van der Waals surface area (Å²) < 4.78 is 26.9. The Balaban J connectivity index is 2.37. The molecule has 0 spiro atoms. The van der Waals surface area contributed by atoms with Gasteiger partial charge in [-0.25, -0.2) is 8.78 Å². The Hall–Kier alpha value is -2.49. The lowest BCUT2D eigenvalue weighted by Gasteiger charge is -2.09. The van der Waals surface area contributed by atoms with Crippen LogP contribution < -0.4 is 5.43 Å². The molecule has 1 heterocycles. The van der Waals surface area contributed by atoms with Crippen molar-refractivity contribution >= 4 is 10.9 Å². The van der Waals surface area contributed by atoms with E-state index < -0.39 is 11.6 Å². The summed E-state index contributed by atoms with van der Waals surface area (Å²) in [6.45, 7) is 1.63. The predicted molar refractivity (Wildman–Crippen MR) is 74.7 cm³/mol. The summed E-state index contributed by atoms with van der Waals surface area (Å²) >= 11 is 0. The molecule has 2 aromatic carbocycles. The van der Waals surface area contributed by atoms with E-state index in [-0.39, 0.29) is 11.0 Å². The van der Waals surface area contributed by atoms with Crippen LogP contribution in [0.15, 0.2) is 47.3 Å². The summed E-state index contributed by atoms with van der Waals surface area (Å²) in [5.41, 5.74) is 1.45. The van der Waals surface area contributed by atoms with Gasteiger partial charge in [0.2, 0.25) is 0 Å². The number of aromatic amines is 1. The lowest BCUT2D eigenvalue weighted by molar-refractivity contribution is 0.585. The maximum Gasteiger partial charge on any atom is 0.192 e. The van der Waals surface area contributed by atoms with Gasteiger partial charge in [-0.1, -0.05) is 12.1 Å². The molecule has 0 aliphatic carbocycles. The van der Waals surface area contributed by atoms with Gasteiger partial charge in [0.05, 0.1) is 5.69 Å². The number of H-pyrrole nitrogens is 1. The van der Waals surface area contributed by atoms with Crippen molar-refractivity contribution in [3.8, 4) is 11.3 Å². The number of nitrogens with one attached hydrogen (secondary N) is 1. The van der Waals surface area contributed by atoms with Gasteiger partial charge in [-0.3, -0.25) is 4.79 Å². The first-order chi connectivity index (χ1) is 9.58. The van der Waals surface area contributed by atoms with Crippen LogP contribution in [-0.2, 0) is 0 Å². The van der Waals surface area contributed by atoms with Gasteiger partial charge < -0.3 is 4.98 Å². The van der Waals surface area contributed by atoms with Crippen molar-refractivity contribution in [1.29, 1.82) is 0 Å². The second-order valence-corrected chi connectivity index (χ2v) is 4.62. The average molecular weight is 271 g/mol. The molecule has 0 saturated heterocycles. The summed E-state index contributed by atoms with van der Waals surface area (Å²) in [7, 11) is 0. The molecule has 1 N–H and O–H groups in total. The van der Waals surface area contributed by atoms with Crippen LogP contribution in [0.5, 0.6) is 0 Å². The number of pyridine rings is 1. The first kappa shape index (κ1) is 12.5. The fraction of sp³-hybridized carbons (Fsp3) is 0.0625. The Morgan fingerprint density at radius 3 is 2.55 bits per heavy atom. The normalized spacial score (nSPS) is 10.9. The van der Waals surface area contributed by atoms with Crippen molar-refractivity contribution in [2.45, 2.75) is 6.92 Å². The molecule has 100 valence electrons. The van der Waals surface area contributed by atoms with E-state index in [1.165, 1.54) is 12.1 Å². The van der Waals surface area contributed by atoms with Gasteiger partial charge in [0.1, 0.15) is 11.6 Å². The summed E-state index contributed by atoms with van der Waals surface area (Å²) in [6.07, 6.45) is 0. The zero-order valence-electron chi connectivity index (χ0n) is 10.7. The topological polar surface area (TPSA) is 32.9 Å². The number of para-hydroxylation sites is 1. The third kappa shape index (κ3) is 1.90. The number of halogens is 2. The lowest BCUT2D eigenvalue weighted by Crippen LogP contribution is -2.09. The van der Waals surface area contributed by atoms with E-state index in [4.69, 9.17) is 0 Å². The van der Waals surface area contributed by atoms with Crippen LogP contribution in [0.4, 0.5) is 8.78 Å². The molecule has 0 saturated carbocycles. The van der Waals surface area contributed by atoms with E-state index in [1.54, 1.807) is 31.2 Å². The SMILES string of the molecule is Cc1c(-c2ccc(F)cc2F)[nH]c2ccccc2c1=O. The van der Waals surface area contributed by atoms with Gasteiger partial charge in [-0.05, 0) is 31.2 Å². The quantitative estimate of drug-likeness (QED) is 0.717. The van der Waals surface area contributed by atoms with Crippen LogP contribution in [0, 0.1) is 18.6 Å². The minimum atomic E-state index is -0.695. The first-order valence-corrected chi connectivity index (χ1v) is 6.15. The standard InChI is InChI=1S/C16H11F2NO/c1-9-15(11-7-6-10(17)8-13(11)18)19-14-5-3-2-4-12(14)16(9)20/h2-8H,1H3,(H,19,20). The molecular weight excluding hydrogens is 260 g/mol. The number of benzene rings is 2. The lowest BCUT2D eigenvalue weighted by atomic mass is 10.0. The van der Waals surface area contributed by atoms with Crippen molar-refractivity contribution in [2.24, 2.45) is 0 Å². The molecule has 0 amide bonds. The largest absolute Gasteiger partial charge is 0.354 e. The van der Waals surface area contributed by atoms with Gasteiger partial charge in [0.25, 0.3) is 0 Å². The van der Waals surface area contributed by atoms with Crippen molar-refractivity contribution in [3.05, 3.63) is 69.9 Å². The van der Waals surface area contributed by atoms with Gasteiger partial charge in [-0.2, -0.15) is 0 Å².